The van der Waals surface area contributed by atoms with Gasteiger partial charge in [0.05, 0.1) is 35.3 Å². The SMILES string of the molecule is CCOC(=O)N1CCC(C)(N2CCC(n3c(=O)[nH]c4cc(F)ccc43)CC2)C1.CCOC(=O)N1CCC(C)(N2CCC(n3c(=O)[nH]c4cc(F)ccc43)CC2)C1. The Bertz CT molecular complexity index is 2010. The Morgan fingerprint density at radius 1 is 0.661 bits per heavy atom. The summed E-state index contributed by atoms with van der Waals surface area (Å²) < 4.78 is 40.7. The van der Waals surface area contributed by atoms with Crippen LogP contribution >= 0.6 is 0 Å². The van der Waals surface area contributed by atoms with Crippen molar-refractivity contribution >= 4 is 34.3 Å². The van der Waals surface area contributed by atoms with Crippen molar-refractivity contribution in [3.63, 3.8) is 0 Å². The summed E-state index contributed by atoms with van der Waals surface area (Å²) in [6.07, 6.45) is 4.75. The van der Waals surface area contributed by atoms with E-state index >= 15 is 0 Å². The third kappa shape index (κ3) is 7.82. The Kier molecular flexibility index (Phi) is 11.3. The molecular formula is C40H54F2N8O6. The number of hydrogen-bond acceptors (Lipinski definition) is 8. The molecule has 0 aliphatic carbocycles. The molecule has 8 rings (SSSR count). The molecule has 2 amide bonds. The summed E-state index contributed by atoms with van der Waals surface area (Å²) in [7, 11) is 0. The second-order valence-electron chi connectivity index (χ2n) is 16.1. The number of aromatic nitrogens is 4. The third-order valence-corrected chi connectivity index (χ3v) is 12.5. The Labute approximate surface area is 324 Å². The number of piperidine rings is 2. The van der Waals surface area contributed by atoms with Gasteiger partial charge in [-0.2, -0.15) is 0 Å². The van der Waals surface area contributed by atoms with Gasteiger partial charge in [0.1, 0.15) is 11.6 Å². The van der Waals surface area contributed by atoms with E-state index in [0.29, 0.717) is 50.4 Å². The second-order valence-corrected chi connectivity index (χ2v) is 16.1. The summed E-state index contributed by atoms with van der Waals surface area (Å²) in [6, 6.07) is 9.05. The van der Waals surface area contributed by atoms with Crippen molar-refractivity contribution in [2.24, 2.45) is 0 Å². The summed E-state index contributed by atoms with van der Waals surface area (Å²) in [5.41, 5.74) is 2.11. The highest BCUT2D eigenvalue weighted by molar-refractivity contribution is 5.76. The largest absolute Gasteiger partial charge is 0.450 e. The fourth-order valence-electron chi connectivity index (χ4n) is 9.41. The van der Waals surface area contributed by atoms with Crippen molar-refractivity contribution < 1.29 is 27.8 Å². The summed E-state index contributed by atoms with van der Waals surface area (Å²) in [6.45, 7) is 15.0. The molecule has 4 fully saturated rings. The maximum Gasteiger partial charge on any atom is 0.409 e. The molecule has 2 atom stereocenters. The molecule has 2 unspecified atom stereocenters. The van der Waals surface area contributed by atoms with E-state index in [-0.39, 0.29) is 58.4 Å². The number of aromatic amines is 2. The van der Waals surface area contributed by atoms with Crippen LogP contribution in [0.5, 0.6) is 0 Å². The zero-order chi connectivity index (χ0) is 39.8. The Morgan fingerprint density at radius 3 is 1.39 bits per heavy atom. The minimum Gasteiger partial charge on any atom is -0.450 e. The molecule has 16 heteroatoms. The average Bonchev–Trinajstić information content (AvgIpc) is 3.95. The molecule has 0 saturated carbocycles. The number of halogens is 2. The van der Waals surface area contributed by atoms with Crippen molar-refractivity contribution in [2.75, 3.05) is 65.6 Å². The second kappa shape index (κ2) is 16.0. The van der Waals surface area contributed by atoms with E-state index in [1.807, 2.05) is 13.8 Å². The first-order valence-corrected chi connectivity index (χ1v) is 20.0. The lowest BCUT2D eigenvalue weighted by atomic mass is 9.94. The van der Waals surface area contributed by atoms with Crippen molar-refractivity contribution in [1.29, 1.82) is 0 Å². The van der Waals surface area contributed by atoms with Crippen LogP contribution in [0.3, 0.4) is 0 Å². The van der Waals surface area contributed by atoms with Crippen LogP contribution in [0, 0.1) is 11.6 Å². The van der Waals surface area contributed by atoms with Crippen LogP contribution in [0.1, 0.15) is 78.3 Å². The number of likely N-dealkylation sites (tertiary alicyclic amines) is 4. The van der Waals surface area contributed by atoms with Crippen molar-refractivity contribution in [3.05, 3.63) is 69.0 Å². The molecule has 4 aromatic rings. The van der Waals surface area contributed by atoms with Crippen LogP contribution in [0.15, 0.2) is 46.0 Å². The molecule has 2 aromatic carbocycles. The number of rotatable bonds is 6. The first-order chi connectivity index (χ1) is 26.8. The summed E-state index contributed by atoms with van der Waals surface area (Å²) in [5.74, 6) is -0.702. The van der Waals surface area contributed by atoms with Crippen LogP contribution in [0.2, 0.25) is 0 Å². The maximum atomic E-state index is 13.4. The van der Waals surface area contributed by atoms with Gasteiger partial charge in [-0.15, -0.1) is 0 Å². The third-order valence-electron chi connectivity index (χ3n) is 12.5. The molecule has 6 heterocycles. The van der Waals surface area contributed by atoms with E-state index in [4.69, 9.17) is 9.47 Å². The van der Waals surface area contributed by atoms with E-state index in [9.17, 15) is 28.0 Å². The van der Waals surface area contributed by atoms with Gasteiger partial charge in [-0.05, 0) is 103 Å². The summed E-state index contributed by atoms with van der Waals surface area (Å²) >= 11 is 0. The number of benzene rings is 2. The van der Waals surface area contributed by atoms with Crippen LogP contribution < -0.4 is 11.4 Å². The van der Waals surface area contributed by atoms with Gasteiger partial charge < -0.3 is 29.2 Å². The minimum absolute atomic E-state index is 0.0635. The number of nitrogens with one attached hydrogen (secondary N) is 2. The highest BCUT2D eigenvalue weighted by atomic mass is 19.1. The van der Waals surface area contributed by atoms with Gasteiger partial charge in [-0.1, -0.05) is 0 Å². The van der Waals surface area contributed by atoms with E-state index < -0.39 is 0 Å². The predicted octanol–water partition coefficient (Wildman–Crippen LogP) is 5.45. The standard InChI is InChI=1S/2C20H27FN4O3/c2*1-3-28-19(27)23-11-8-20(2,13-23)24-9-6-15(7-10-24)25-17-5-4-14(21)12-16(17)22-18(25)26/h2*4-5,12,15H,3,6-11,13H2,1-2H3,(H,22,26). The molecule has 0 radical (unpaired) electrons. The molecule has 4 saturated heterocycles. The monoisotopic (exact) mass is 780 g/mol. The molecule has 304 valence electrons. The summed E-state index contributed by atoms with van der Waals surface area (Å²) in [5, 5.41) is 0. The zero-order valence-electron chi connectivity index (χ0n) is 32.8. The molecule has 56 heavy (non-hydrogen) atoms. The van der Waals surface area contributed by atoms with Crippen LogP contribution in [-0.4, -0.2) is 128 Å². The normalized spacial score (nSPS) is 24.2. The van der Waals surface area contributed by atoms with Crippen LogP contribution in [0.25, 0.3) is 22.1 Å². The van der Waals surface area contributed by atoms with Crippen LogP contribution in [0.4, 0.5) is 18.4 Å². The summed E-state index contributed by atoms with van der Waals surface area (Å²) in [4.78, 5) is 62.9. The lowest BCUT2D eigenvalue weighted by molar-refractivity contribution is 0.0640. The number of hydrogen-bond donors (Lipinski definition) is 2. The Morgan fingerprint density at radius 2 is 1.04 bits per heavy atom. The van der Waals surface area contributed by atoms with E-state index in [0.717, 1.165) is 75.7 Å². The number of fused-ring (bicyclic) bond motifs is 2. The van der Waals surface area contributed by atoms with Gasteiger partial charge >= 0.3 is 23.6 Å². The Balaban J connectivity index is 0.000000172. The van der Waals surface area contributed by atoms with Crippen molar-refractivity contribution in [2.45, 2.75) is 89.4 Å². The first kappa shape index (κ1) is 39.5. The molecule has 4 aliphatic rings. The number of carbonyl (C=O) groups is 2. The van der Waals surface area contributed by atoms with Gasteiger partial charge in [-0.25, -0.2) is 28.0 Å². The zero-order valence-corrected chi connectivity index (χ0v) is 32.8. The molecule has 2 N–H and O–H groups in total. The lowest BCUT2D eigenvalue weighted by Crippen LogP contribution is -2.52. The molecule has 0 spiro atoms. The first-order valence-electron chi connectivity index (χ1n) is 20.0. The number of ether oxygens (including phenoxy) is 2. The van der Waals surface area contributed by atoms with Gasteiger partial charge in [-0.3, -0.25) is 18.9 Å². The van der Waals surface area contributed by atoms with Crippen molar-refractivity contribution in [3.8, 4) is 0 Å². The van der Waals surface area contributed by atoms with Gasteiger partial charge in [0.25, 0.3) is 0 Å². The highest BCUT2D eigenvalue weighted by Gasteiger charge is 2.44. The van der Waals surface area contributed by atoms with Gasteiger partial charge in [0.2, 0.25) is 0 Å². The van der Waals surface area contributed by atoms with Crippen LogP contribution in [-0.2, 0) is 9.47 Å². The fraction of sp³-hybridized carbons (Fsp3) is 0.600. The number of amides is 2. The molecule has 2 aromatic heterocycles. The smallest absolute Gasteiger partial charge is 0.409 e. The van der Waals surface area contributed by atoms with Gasteiger partial charge in [0, 0.05) is 75.5 Å². The van der Waals surface area contributed by atoms with Gasteiger partial charge in [0.15, 0.2) is 0 Å². The number of carbonyl (C=O) groups excluding carboxylic acids is 2. The molecule has 0 bridgehead atoms. The quantitative estimate of drug-likeness (QED) is 0.263. The molecular weight excluding hydrogens is 726 g/mol. The lowest BCUT2D eigenvalue weighted by Gasteiger charge is -2.43. The van der Waals surface area contributed by atoms with E-state index in [1.54, 1.807) is 31.1 Å². The topological polar surface area (TPSA) is 141 Å². The fourth-order valence-corrected chi connectivity index (χ4v) is 9.41. The number of nitrogens with zero attached hydrogens (tertiary/aromatic N) is 6. The highest BCUT2D eigenvalue weighted by Crippen LogP contribution is 2.35. The number of imidazole rings is 2. The Hall–Kier alpha value is -4.70. The molecule has 14 nitrogen and oxygen atoms in total. The van der Waals surface area contributed by atoms with E-state index in [2.05, 4.69) is 33.6 Å². The average molecular weight is 781 g/mol. The maximum absolute atomic E-state index is 13.4. The van der Waals surface area contributed by atoms with Crippen molar-refractivity contribution in [1.82, 2.24) is 38.7 Å². The molecule has 4 aliphatic heterocycles. The predicted molar refractivity (Wildman–Crippen MR) is 208 cm³/mol. The number of H-pyrrole nitrogens is 2. The van der Waals surface area contributed by atoms with E-state index in [1.165, 1.54) is 24.3 Å². The minimum atomic E-state index is -0.351.